The minimum Gasteiger partial charge on any atom is -0.489 e. The number of para-hydroxylation sites is 2. The van der Waals surface area contributed by atoms with Gasteiger partial charge in [0, 0.05) is 6.54 Å². The molecule has 8 nitrogen and oxygen atoms in total. The molecule has 32 heavy (non-hydrogen) atoms. The Morgan fingerprint density at radius 2 is 1.91 bits per heavy atom. The van der Waals surface area contributed by atoms with Gasteiger partial charge in [-0.05, 0) is 37.5 Å². The quantitative estimate of drug-likeness (QED) is 0.547. The standard InChI is InChI=1S/C24H28N2O6/c1-2-31-24(30)18(13-12-17-8-4-3-5-9-17)25-19-16-32-21-11-7-6-10-20(21)26(23(19)29)15-14-22(27)28/h3-11,18-19,25H,2,12-16H2,1H3,(H,27,28)/t18?,19-/m0/s1. The summed E-state index contributed by atoms with van der Waals surface area (Å²) in [6.07, 6.45) is 0.860. The highest BCUT2D eigenvalue weighted by molar-refractivity contribution is 6.00. The predicted molar refractivity (Wildman–Crippen MR) is 119 cm³/mol. The van der Waals surface area contributed by atoms with E-state index in [4.69, 9.17) is 14.6 Å². The minimum absolute atomic E-state index is 0.000802. The first-order valence-corrected chi connectivity index (χ1v) is 10.7. The molecule has 2 N–H and O–H groups in total. The van der Waals surface area contributed by atoms with E-state index in [0.717, 1.165) is 5.56 Å². The van der Waals surface area contributed by atoms with E-state index in [2.05, 4.69) is 5.32 Å². The average molecular weight is 440 g/mol. The van der Waals surface area contributed by atoms with Crippen LogP contribution in [0.1, 0.15) is 25.3 Å². The zero-order valence-corrected chi connectivity index (χ0v) is 18.0. The summed E-state index contributed by atoms with van der Waals surface area (Å²) in [7, 11) is 0. The Kier molecular flexibility index (Phi) is 8.21. The maximum Gasteiger partial charge on any atom is 0.323 e. The number of hydrogen-bond acceptors (Lipinski definition) is 6. The van der Waals surface area contributed by atoms with Crippen molar-refractivity contribution in [2.45, 2.75) is 38.3 Å². The molecule has 1 aliphatic heterocycles. The van der Waals surface area contributed by atoms with Crippen molar-refractivity contribution in [2.24, 2.45) is 0 Å². The number of carboxylic acid groups (broad SMARTS) is 1. The number of aliphatic carboxylic acids is 1. The van der Waals surface area contributed by atoms with Crippen LogP contribution >= 0.6 is 0 Å². The lowest BCUT2D eigenvalue weighted by molar-refractivity contribution is -0.146. The monoisotopic (exact) mass is 440 g/mol. The molecule has 1 aliphatic rings. The second kappa shape index (κ2) is 11.3. The molecule has 0 aromatic heterocycles. The first-order chi connectivity index (χ1) is 15.5. The number of ether oxygens (including phenoxy) is 2. The highest BCUT2D eigenvalue weighted by atomic mass is 16.5. The van der Waals surface area contributed by atoms with Crippen LogP contribution in [0.15, 0.2) is 54.6 Å². The maximum absolute atomic E-state index is 13.3. The fourth-order valence-corrected chi connectivity index (χ4v) is 3.62. The Labute approximate surface area is 187 Å². The number of benzene rings is 2. The maximum atomic E-state index is 13.3. The highest BCUT2D eigenvalue weighted by Gasteiger charge is 2.34. The van der Waals surface area contributed by atoms with Gasteiger partial charge in [0.15, 0.2) is 0 Å². The molecule has 2 atom stereocenters. The van der Waals surface area contributed by atoms with Gasteiger partial charge in [0.05, 0.1) is 18.7 Å². The molecule has 0 aliphatic carbocycles. The number of nitrogens with zero attached hydrogens (tertiary/aromatic N) is 1. The van der Waals surface area contributed by atoms with E-state index < -0.39 is 24.0 Å². The Hall–Kier alpha value is -3.39. The Balaban J connectivity index is 1.79. The van der Waals surface area contributed by atoms with Gasteiger partial charge < -0.3 is 19.5 Å². The van der Waals surface area contributed by atoms with Crippen LogP contribution in [-0.2, 0) is 25.5 Å². The van der Waals surface area contributed by atoms with E-state index in [1.165, 1.54) is 4.90 Å². The van der Waals surface area contributed by atoms with Crippen molar-refractivity contribution < 1.29 is 29.0 Å². The summed E-state index contributed by atoms with van der Waals surface area (Å²) < 4.78 is 11.1. The molecule has 0 saturated heterocycles. The largest absolute Gasteiger partial charge is 0.489 e. The van der Waals surface area contributed by atoms with Crippen LogP contribution < -0.4 is 15.0 Å². The van der Waals surface area contributed by atoms with Crippen molar-refractivity contribution in [1.29, 1.82) is 0 Å². The topological polar surface area (TPSA) is 105 Å². The SMILES string of the molecule is CCOC(=O)C(CCc1ccccc1)N[C@H]1COc2ccccc2N(CCC(=O)O)C1=O. The predicted octanol–water partition coefficient (Wildman–Crippen LogP) is 2.41. The van der Waals surface area contributed by atoms with Gasteiger partial charge in [-0.1, -0.05) is 42.5 Å². The average Bonchev–Trinajstić information content (AvgIpc) is 2.92. The van der Waals surface area contributed by atoms with Gasteiger partial charge in [-0.3, -0.25) is 19.7 Å². The van der Waals surface area contributed by atoms with Crippen molar-refractivity contribution in [1.82, 2.24) is 5.32 Å². The summed E-state index contributed by atoms with van der Waals surface area (Å²) in [6, 6.07) is 15.2. The summed E-state index contributed by atoms with van der Waals surface area (Å²) >= 11 is 0. The molecule has 3 rings (SSSR count). The molecule has 1 amide bonds. The zero-order chi connectivity index (χ0) is 22.9. The number of carbonyl (C=O) groups is 3. The number of amides is 1. The molecule has 2 aromatic rings. The lowest BCUT2D eigenvalue weighted by atomic mass is 10.0. The molecule has 0 bridgehead atoms. The molecular weight excluding hydrogens is 412 g/mol. The van der Waals surface area contributed by atoms with E-state index in [1.54, 1.807) is 31.2 Å². The van der Waals surface area contributed by atoms with Gasteiger partial charge in [0.25, 0.3) is 0 Å². The zero-order valence-electron chi connectivity index (χ0n) is 18.0. The van der Waals surface area contributed by atoms with Crippen molar-refractivity contribution in [3.63, 3.8) is 0 Å². The number of carboxylic acids is 1. The number of aryl methyl sites for hydroxylation is 1. The van der Waals surface area contributed by atoms with Crippen molar-refractivity contribution >= 4 is 23.5 Å². The molecule has 0 saturated carbocycles. The van der Waals surface area contributed by atoms with Crippen molar-refractivity contribution in [2.75, 3.05) is 24.7 Å². The highest BCUT2D eigenvalue weighted by Crippen LogP contribution is 2.31. The summed E-state index contributed by atoms with van der Waals surface area (Å²) in [4.78, 5) is 38.5. The van der Waals surface area contributed by atoms with Gasteiger partial charge in [-0.2, -0.15) is 0 Å². The van der Waals surface area contributed by atoms with Crippen molar-refractivity contribution in [3.05, 3.63) is 60.2 Å². The van der Waals surface area contributed by atoms with E-state index in [0.29, 0.717) is 24.3 Å². The number of rotatable bonds is 10. The smallest absolute Gasteiger partial charge is 0.323 e. The molecule has 170 valence electrons. The van der Waals surface area contributed by atoms with E-state index in [9.17, 15) is 14.4 Å². The van der Waals surface area contributed by atoms with Crippen LogP contribution in [0.3, 0.4) is 0 Å². The summed E-state index contributed by atoms with van der Waals surface area (Å²) in [5, 5.41) is 12.2. The van der Waals surface area contributed by atoms with Crippen LogP contribution in [0, 0.1) is 0 Å². The van der Waals surface area contributed by atoms with Gasteiger partial charge in [-0.25, -0.2) is 0 Å². The number of fused-ring (bicyclic) bond motifs is 1. The molecule has 1 unspecified atom stereocenters. The number of nitrogens with one attached hydrogen (secondary N) is 1. The first-order valence-electron chi connectivity index (χ1n) is 10.7. The minimum atomic E-state index is -1.00. The fourth-order valence-electron chi connectivity index (χ4n) is 3.62. The summed E-state index contributed by atoms with van der Waals surface area (Å²) in [5.74, 6) is -1.29. The van der Waals surface area contributed by atoms with E-state index in [1.807, 2.05) is 30.3 Å². The Bertz CT molecular complexity index is 933. The first kappa shape index (κ1) is 23.3. The number of anilines is 1. The molecule has 0 spiro atoms. The molecular formula is C24H28N2O6. The Morgan fingerprint density at radius 3 is 2.62 bits per heavy atom. The number of hydrogen-bond donors (Lipinski definition) is 2. The van der Waals surface area contributed by atoms with Crippen LogP contribution in [0.5, 0.6) is 5.75 Å². The van der Waals surface area contributed by atoms with Gasteiger partial charge in [0.2, 0.25) is 5.91 Å². The molecule has 8 heteroatoms. The van der Waals surface area contributed by atoms with Gasteiger partial charge in [0.1, 0.15) is 24.4 Å². The summed E-state index contributed by atoms with van der Waals surface area (Å²) in [6.45, 7) is 1.98. The molecule has 2 aromatic carbocycles. The number of carbonyl (C=O) groups excluding carboxylic acids is 2. The fraction of sp³-hybridized carbons (Fsp3) is 0.375. The normalized spacial score (nSPS) is 16.5. The molecule has 1 heterocycles. The van der Waals surface area contributed by atoms with Crippen LogP contribution in [0.25, 0.3) is 0 Å². The third-order valence-electron chi connectivity index (χ3n) is 5.21. The molecule has 0 fully saturated rings. The second-order valence-electron chi connectivity index (χ2n) is 7.46. The van der Waals surface area contributed by atoms with E-state index >= 15 is 0 Å². The number of esters is 1. The van der Waals surface area contributed by atoms with Gasteiger partial charge in [-0.15, -0.1) is 0 Å². The third-order valence-corrected chi connectivity index (χ3v) is 5.21. The van der Waals surface area contributed by atoms with Crippen molar-refractivity contribution in [3.8, 4) is 5.75 Å². The van der Waals surface area contributed by atoms with Crippen LogP contribution in [0.2, 0.25) is 0 Å². The van der Waals surface area contributed by atoms with Crippen LogP contribution in [-0.4, -0.2) is 54.8 Å². The van der Waals surface area contributed by atoms with Crippen LogP contribution in [0.4, 0.5) is 5.69 Å². The summed E-state index contributed by atoms with van der Waals surface area (Å²) in [5.41, 5.74) is 1.59. The Morgan fingerprint density at radius 1 is 1.19 bits per heavy atom. The lowest BCUT2D eigenvalue weighted by Gasteiger charge is -2.27. The van der Waals surface area contributed by atoms with Gasteiger partial charge >= 0.3 is 11.9 Å². The second-order valence-corrected chi connectivity index (χ2v) is 7.46. The third kappa shape index (κ3) is 6.07. The van der Waals surface area contributed by atoms with E-state index in [-0.39, 0.29) is 32.1 Å². The molecule has 0 radical (unpaired) electrons. The lowest BCUT2D eigenvalue weighted by Crippen LogP contribution is -2.54.